The highest BCUT2D eigenvalue weighted by Gasteiger charge is 2.31. The standard InChI is InChI=1S/C37H54N8O8/c1-6-7-8-10-30(42-25(5)47)34(49)45-32(23(2)3)35(50)44-31(11-9-20-39-36(38)51)33(48)43-29-18-14-27(15-19-29)22-53-37(52)40-21-26-12-16-28(17-13-26)41-24(4)46/h12-19,23,30-32H,6-11,20-22H2,1-5H3,(H,40,52)(H,41,46)(H,42,47)(H,43,48)(H,44,50)(H,45,49)(H3,38,39,51)/t30-,31-,32?/m1/s1. The van der Waals surface area contributed by atoms with Gasteiger partial charge in [0.25, 0.3) is 0 Å². The molecule has 2 rings (SSSR count). The van der Waals surface area contributed by atoms with Gasteiger partial charge in [-0.3, -0.25) is 24.0 Å². The molecule has 0 bridgehead atoms. The smallest absolute Gasteiger partial charge is 0.407 e. The first-order valence-electron chi connectivity index (χ1n) is 17.8. The summed E-state index contributed by atoms with van der Waals surface area (Å²) in [5, 5.41) is 18.7. The van der Waals surface area contributed by atoms with Crippen LogP contribution in [-0.4, -0.2) is 66.3 Å². The Morgan fingerprint density at radius 2 is 1.25 bits per heavy atom. The minimum Gasteiger partial charge on any atom is -0.445 e. The summed E-state index contributed by atoms with van der Waals surface area (Å²) >= 11 is 0. The molecule has 0 heterocycles. The Bertz CT molecular complexity index is 1530. The number of nitrogens with one attached hydrogen (secondary N) is 7. The van der Waals surface area contributed by atoms with Gasteiger partial charge in [-0.05, 0) is 60.6 Å². The van der Waals surface area contributed by atoms with Crippen LogP contribution in [0.1, 0.15) is 84.3 Å². The van der Waals surface area contributed by atoms with Gasteiger partial charge in [-0.2, -0.15) is 0 Å². The molecule has 0 aromatic heterocycles. The first-order chi connectivity index (χ1) is 25.2. The first kappa shape index (κ1) is 43.5. The SMILES string of the molecule is CCCCC[C@@H](NC(C)=O)C(=O)NC(C(=O)N[C@H](CCCNC(N)=O)C(=O)Nc1ccc(COC(=O)NCc2ccc(NC(C)=O)cc2)cc1)C(C)C. The van der Waals surface area contributed by atoms with E-state index in [0.29, 0.717) is 29.8 Å². The van der Waals surface area contributed by atoms with E-state index in [2.05, 4.69) is 37.2 Å². The zero-order chi connectivity index (χ0) is 39.3. The lowest BCUT2D eigenvalue weighted by atomic mass is 10.0. The van der Waals surface area contributed by atoms with Gasteiger partial charge in [-0.15, -0.1) is 0 Å². The number of urea groups is 1. The van der Waals surface area contributed by atoms with Gasteiger partial charge in [0.15, 0.2) is 0 Å². The Balaban J connectivity index is 2.02. The van der Waals surface area contributed by atoms with E-state index in [1.807, 2.05) is 6.92 Å². The van der Waals surface area contributed by atoms with E-state index in [1.54, 1.807) is 62.4 Å². The molecule has 0 aliphatic carbocycles. The molecule has 8 amide bonds. The number of carbonyl (C=O) groups is 7. The predicted octanol–water partition coefficient (Wildman–Crippen LogP) is 3.17. The van der Waals surface area contributed by atoms with Crippen LogP contribution >= 0.6 is 0 Å². The largest absolute Gasteiger partial charge is 0.445 e. The lowest BCUT2D eigenvalue weighted by molar-refractivity contribution is -0.133. The Kier molecular flexibility index (Phi) is 18.9. The Morgan fingerprint density at radius 3 is 1.81 bits per heavy atom. The fourth-order valence-electron chi connectivity index (χ4n) is 5.15. The number of nitrogens with two attached hydrogens (primary N) is 1. The first-order valence-corrected chi connectivity index (χ1v) is 17.8. The third-order valence-corrected chi connectivity index (χ3v) is 7.94. The molecule has 16 nitrogen and oxygen atoms in total. The maximum Gasteiger partial charge on any atom is 0.407 e. The number of unbranched alkanes of at least 4 members (excludes halogenated alkanes) is 2. The summed E-state index contributed by atoms with van der Waals surface area (Å²) in [7, 11) is 0. The molecule has 2 aromatic carbocycles. The van der Waals surface area contributed by atoms with E-state index >= 15 is 0 Å². The highest BCUT2D eigenvalue weighted by Crippen LogP contribution is 2.14. The average Bonchev–Trinajstić information content (AvgIpc) is 3.10. The molecule has 16 heteroatoms. The second-order valence-electron chi connectivity index (χ2n) is 13.0. The summed E-state index contributed by atoms with van der Waals surface area (Å²) < 4.78 is 5.30. The van der Waals surface area contributed by atoms with Crippen molar-refractivity contribution in [3.63, 3.8) is 0 Å². The number of primary amides is 1. The van der Waals surface area contributed by atoms with Crippen LogP contribution in [0.2, 0.25) is 0 Å². The minimum absolute atomic E-state index is 0.0310. The van der Waals surface area contributed by atoms with Crippen LogP contribution in [0.25, 0.3) is 0 Å². The molecule has 0 aliphatic rings. The van der Waals surface area contributed by atoms with Crippen molar-refractivity contribution in [1.82, 2.24) is 26.6 Å². The Labute approximate surface area is 310 Å². The van der Waals surface area contributed by atoms with Gasteiger partial charge in [0.1, 0.15) is 24.7 Å². The van der Waals surface area contributed by atoms with E-state index < -0.39 is 48.0 Å². The van der Waals surface area contributed by atoms with Gasteiger partial charge in [0.05, 0.1) is 0 Å². The summed E-state index contributed by atoms with van der Waals surface area (Å²) in [5.74, 6) is -2.50. The Morgan fingerprint density at radius 1 is 0.660 bits per heavy atom. The molecule has 53 heavy (non-hydrogen) atoms. The van der Waals surface area contributed by atoms with Gasteiger partial charge in [0, 0.05) is 38.3 Å². The summed E-state index contributed by atoms with van der Waals surface area (Å²) in [5.41, 5.74) is 7.69. The number of carbonyl (C=O) groups excluding carboxylic acids is 7. The van der Waals surface area contributed by atoms with Crippen molar-refractivity contribution >= 4 is 53.0 Å². The van der Waals surface area contributed by atoms with Gasteiger partial charge in [-0.1, -0.05) is 64.3 Å². The van der Waals surface area contributed by atoms with Gasteiger partial charge in [-0.25, -0.2) is 9.59 Å². The second kappa shape index (κ2) is 23.0. The van der Waals surface area contributed by atoms with E-state index in [4.69, 9.17) is 10.5 Å². The quantitative estimate of drug-likeness (QED) is 0.0883. The highest BCUT2D eigenvalue weighted by molar-refractivity contribution is 5.99. The second-order valence-corrected chi connectivity index (χ2v) is 13.0. The molecule has 0 fully saturated rings. The number of benzene rings is 2. The fourth-order valence-corrected chi connectivity index (χ4v) is 5.15. The van der Waals surface area contributed by atoms with Gasteiger partial charge in [0.2, 0.25) is 29.5 Å². The molecule has 0 saturated carbocycles. The van der Waals surface area contributed by atoms with Crippen LogP contribution < -0.4 is 43.0 Å². The summed E-state index contributed by atoms with van der Waals surface area (Å²) in [6, 6.07) is 10.0. The van der Waals surface area contributed by atoms with Crippen molar-refractivity contribution in [1.29, 1.82) is 0 Å². The summed E-state index contributed by atoms with van der Waals surface area (Å²) in [6.45, 7) is 8.64. The monoisotopic (exact) mass is 738 g/mol. The minimum atomic E-state index is -1.04. The number of ether oxygens (including phenoxy) is 1. The van der Waals surface area contributed by atoms with E-state index in [9.17, 15) is 33.6 Å². The molecule has 9 N–H and O–H groups in total. The van der Waals surface area contributed by atoms with Crippen LogP contribution in [-0.2, 0) is 41.9 Å². The molecule has 2 aromatic rings. The van der Waals surface area contributed by atoms with E-state index in [0.717, 1.165) is 24.8 Å². The lowest BCUT2D eigenvalue weighted by Gasteiger charge is -2.27. The third-order valence-electron chi connectivity index (χ3n) is 7.94. The molecular weight excluding hydrogens is 684 g/mol. The molecule has 3 atom stereocenters. The number of anilines is 2. The third kappa shape index (κ3) is 17.4. The number of hydrogen-bond acceptors (Lipinski definition) is 8. The van der Waals surface area contributed by atoms with Crippen molar-refractivity contribution in [2.45, 2.75) is 104 Å². The topological polar surface area (TPSA) is 239 Å². The predicted molar refractivity (Wildman–Crippen MR) is 200 cm³/mol. The number of hydrogen-bond donors (Lipinski definition) is 8. The molecular formula is C37H54N8O8. The summed E-state index contributed by atoms with van der Waals surface area (Å²) in [6.07, 6.45) is 2.77. The van der Waals surface area contributed by atoms with Crippen LogP contribution in [0.15, 0.2) is 48.5 Å². The van der Waals surface area contributed by atoms with Gasteiger partial charge < -0.3 is 47.7 Å². The normalized spacial score (nSPS) is 12.3. The van der Waals surface area contributed by atoms with Crippen LogP contribution in [0.5, 0.6) is 0 Å². The summed E-state index contributed by atoms with van der Waals surface area (Å²) in [4.78, 5) is 86.5. The number of alkyl carbamates (subject to hydrolysis) is 1. The molecule has 290 valence electrons. The van der Waals surface area contributed by atoms with Crippen LogP contribution in [0.3, 0.4) is 0 Å². The zero-order valence-corrected chi connectivity index (χ0v) is 31.1. The fraction of sp³-hybridized carbons (Fsp3) is 0.486. The van der Waals surface area contributed by atoms with Crippen molar-refractivity contribution < 1.29 is 38.3 Å². The lowest BCUT2D eigenvalue weighted by Crippen LogP contribution is -2.57. The molecule has 1 unspecified atom stereocenters. The van der Waals surface area contributed by atoms with Crippen molar-refractivity contribution in [3.8, 4) is 0 Å². The zero-order valence-electron chi connectivity index (χ0n) is 31.1. The molecule has 0 aliphatic heterocycles. The Hall–Kier alpha value is -5.67. The molecule has 0 spiro atoms. The van der Waals surface area contributed by atoms with E-state index in [-0.39, 0.29) is 43.8 Å². The average molecular weight is 739 g/mol. The van der Waals surface area contributed by atoms with Crippen molar-refractivity contribution in [2.24, 2.45) is 11.7 Å². The van der Waals surface area contributed by atoms with Crippen molar-refractivity contribution in [2.75, 3.05) is 17.2 Å². The maximum atomic E-state index is 13.5. The number of amides is 8. The maximum absolute atomic E-state index is 13.5. The van der Waals surface area contributed by atoms with Crippen LogP contribution in [0, 0.1) is 5.92 Å². The highest BCUT2D eigenvalue weighted by atomic mass is 16.5. The van der Waals surface area contributed by atoms with Crippen molar-refractivity contribution in [3.05, 3.63) is 59.7 Å². The van der Waals surface area contributed by atoms with Crippen LogP contribution in [0.4, 0.5) is 21.0 Å². The van der Waals surface area contributed by atoms with E-state index in [1.165, 1.54) is 13.8 Å². The number of rotatable bonds is 21. The van der Waals surface area contributed by atoms with Gasteiger partial charge >= 0.3 is 12.1 Å². The molecule has 0 saturated heterocycles. The molecule has 0 radical (unpaired) electrons.